The SMILES string of the molecule is CCN1C(=O)CCC(C)(N2C(=O)c3csc(N)c3C2=O)C1=O. The van der Waals surface area contributed by atoms with E-state index in [1.165, 1.54) is 12.3 Å². The Bertz CT molecular complexity index is 726. The Hall–Kier alpha value is -2.22. The minimum atomic E-state index is -1.35. The lowest BCUT2D eigenvalue weighted by molar-refractivity contribution is -0.156. The van der Waals surface area contributed by atoms with Crippen LogP contribution < -0.4 is 5.73 Å². The smallest absolute Gasteiger partial charge is 0.265 e. The number of anilines is 1. The van der Waals surface area contributed by atoms with E-state index >= 15 is 0 Å². The van der Waals surface area contributed by atoms with Crippen molar-refractivity contribution in [1.82, 2.24) is 9.80 Å². The van der Waals surface area contributed by atoms with Crippen LogP contribution in [0.4, 0.5) is 5.00 Å². The quantitative estimate of drug-likeness (QED) is 0.814. The number of amides is 4. The highest BCUT2D eigenvalue weighted by Gasteiger charge is 2.55. The molecular formula is C14H15N3O4S. The summed E-state index contributed by atoms with van der Waals surface area (Å²) >= 11 is 1.13. The van der Waals surface area contributed by atoms with E-state index in [-0.39, 0.29) is 41.4 Å². The topological polar surface area (TPSA) is 101 Å². The van der Waals surface area contributed by atoms with Gasteiger partial charge in [0.05, 0.1) is 16.1 Å². The number of piperidine rings is 1. The maximum atomic E-state index is 12.7. The van der Waals surface area contributed by atoms with Crippen molar-refractivity contribution in [3.63, 3.8) is 0 Å². The molecule has 3 rings (SSSR count). The van der Waals surface area contributed by atoms with Crippen molar-refractivity contribution in [3.05, 3.63) is 16.5 Å². The summed E-state index contributed by atoms with van der Waals surface area (Å²) in [5.74, 6) is -1.87. The van der Waals surface area contributed by atoms with Crippen LogP contribution in [0.2, 0.25) is 0 Å². The number of nitrogens with zero attached hydrogens (tertiary/aromatic N) is 2. The molecule has 0 radical (unpaired) electrons. The fourth-order valence-corrected chi connectivity index (χ4v) is 3.83. The normalized spacial score (nSPS) is 25.2. The Kier molecular flexibility index (Phi) is 3.10. The number of nitrogen functional groups attached to an aromatic ring is 1. The average molecular weight is 321 g/mol. The number of carbonyl (C=O) groups is 4. The van der Waals surface area contributed by atoms with E-state index in [9.17, 15) is 19.2 Å². The molecule has 2 N–H and O–H groups in total. The molecular weight excluding hydrogens is 306 g/mol. The van der Waals surface area contributed by atoms with Gasteiger partial charge >= 0.3 is 0 Å². The van der Waals surface area contributed by atoms with E-state index in [0.29, 0.717) is 0 Å². The largest absolute Gasteiger partial charge is 0.390 e. The lowest BCUT2D eigenvalue weighted by Crippen LogP contribution is -2.63. The van der Waals surface area contributed by atoms with Crippen molar-refractivity contribution >= 4 is 40.0 Å². The maximum absolute atomic E-state index is 12.7. The van der Waals surface area contributed by atoms with Crippen molar-refractivity contribution in [1.29, 1.82) is 0 Å². The van der Waals surface area contributed by atoms with Gasteiger partial charge in [0.25, 0.3) is 17.7 Å². The Balaban J connectivity index is 2.04. The molecule has 3 heterocycles. The zero-order chi connectivity index (χ0) is 16.2. The highest BCUT2D eigenvalue weighted by atomic mass is 32.1. The molecule has 1 aromatic heterocycles. The van der Waals surface area contributed by atoms with Crippen LogP contribution in [0.1, 0.15) is 47.4 Å². The molecule has 4 amide bonds. The van der Waals surface area contributed by atoms with Gasteiger partial charge < -0.3 is 5.73 Å². The maximum Gasteiger partial charge on any atom is 0.265 e. The van der Waals surface area contributed by atoms with Crippen molar-refractivity contribution in [2.75, 3.05) is 12.3 Å². The van der Waals surface area contributed by atoms with E-state index in [1.54, 1.807) is 6.92 Å². The van der Waals surface area contributed by atoms with E-state index in [4.69, 9.17) is 5.73 Å². The summed E-state index contributed by atoms with van der Waals surface area (Å²) < 4.78 is 0. The molecule has 1 fully saturated rings. The molecule has 0 aliphatic carbocycles. The van der Waals surface area contributed by atoms with E-state index in [2.05, 4.69) is 0 Å². The fourth-order valence-electron chi connectivity index (χ4n) is 3.05. The number of imide groups is 2. The van der Waals surface area contributed by atoms with E-state index in [0.717, 1.165) is 21.1 Å². The number of carbonyl (C=O) groups excluding carboxylic acids is 4. The van der Waals surface area contributed by atoms with Crippen LogP contribution in [0.3, 0.4) is 0 Å². The molecule has 7 nitrogen and oxygen atoms in total. The van der Waals surface area contributed by atoms with Gasteiger partial charge in [0, 0.05) is 18.3 Å². The van der Waals surface area contributed by atoms with Crippen LogP contribution in [-0.2, 0) is 9.59 Å². The number of hydrogen-bond acceptors (Lipinski definition) is 6. The number of likely N-dealkylation sites (N-methyl/N-ethyl adjacent to an activating group) is 1. The molecule has 1 atom stereocenters. The van der Waals surface area contributed by atoms with Crippen LogP contribution in [0.25, 0.3) is 0 Å². The second kappa shape index (κ2) is 4.64. The van der Waals surface area contributed by atoms with E-state index in [1.807, 2.05) is 0 Å². The third-order valence-corrected chi connectivity index (χ3v) is 5.12. The molecule has 1 unspecified atom stereocenters. The molecule has 0 saturated carbocycles. The van der Waals surface area contributed by atoms with Crippen LogP contribution in [-0.4, -0.2) is 45.5 Å². The number of hydrogen-bond donors (Lipinski definition) is 1. The molecule has 1 aromatic rings. The minimum absolute atomic E-state index is 0.121. The number of rotatable bonds is 2. The molecule has 22 heavy (non-hydrogen) atoms. The summed E-state index contributed by atoms with van der Waals surface area (Å²) in [5, 5.41) is 1.80. The Morgan fingerprint density at radius 3 is 2.55 bits per heavy atom. The first-order chi connectivity index (χ1) is 10.3. The minimum Gasteiger partial charge on any atom is -0.390 e. The first-order valence-corrected chi connectivity index (χ1v) is 7.81. The Morgan fingerprint density at radius 2 is 1.95 bits per heavy atom. The Morgan fingerprint density at radius 1 is 1.27 bits per heavy atom. The van der Waals surface area contributed by atoms with Gasteiger partial charge in [-0.25, -0.2) is 0 Å². The van der Waals surface area contributed by atoms with Gasteiger partial charge in [0.15, 0.2) is 0 Å². The van der Waals surface area contributed by atoms with Gasteiger partial charge in [-0.05, 0) is 20.3 Å². The van der Waals surface area contributed by atoms with Crippen LogP contribution in [0.15, 0.2) is 5.38 Å². The van der Waals surface area contributed by atoms with Crippen molar-refractivity contribution in [2.45, 2.75) is 32.2 Å². The average Bonchev–Trinajstić information content (AvgIpc) is 2.97. The fraction of sp³-hybridized carbons (Fsp3) is 0.429. The summed E-state index contributed by atoms with van der Waals surface area (Å²) in [6.07, 6.45) is 0.252. The molecule has 116 valence electrons. The van der Waals surface area contributed by atoms with Crippen molar-refractivity contribution < 1.29 is 19.2 Å². The number of fused-ring (bicyclic) bond motifs is 1. The predicted octanol–water partition coefficient (Wildman–Crippen LogP) is 0.854. The highest BCUT2D eigenvalue weighted by Crippen LogP contribution is 2.40. The standard InChI is InChI=1S/C14H15N3O4S/c1-3-16-8(18)4-5-14(2,13(16)21)17-11(19)7-6-22-10(15)9(7)12(17)20/h6H,3-5,15H2,1-2H3. The molecule has 0 bridgehead atoms. The van der Waals surface area contributed by atoms with Gasteiger partial charge in [-0.15, -0.1) is 11.3 Å². The highest BCUT2D eigenvalue weighted by molar-refractivity contribution is 7.14. The van der Waals surface area contributed by atoms with Crippen molar-refractivity contribution in [2.24, 2.45) is 0 Å². The zero-order valence-electron chi connectivity index (χ0n) is 12.2. The molecule has 0 aromatic carbocycles. The van der Waals surface area contributed by atoms with Gasteiger partial charge in [-0.3, -0.25) is 29.0 Å². The number of thiophene rings is 1. The monoisotopic (exact) mass is 321 g/mol. The first kappa shape index (κ1) is 14.7. The third kappa shape index (κ3) is 1.67. The summed E-state index contributed by atoms with van der Waals surface area (Å²) in [7, 11) is 0. The zero-order valence-corrected chi connectivity index (χ0v) is 13.0. The molecule has 8 heteroatoms. The van der Waals surface area contributed by atoms with Crippen LogP contribution in [0, 0.1) is 0 Å². The summed E-state index contributed by atoms with van der Waals surface area (Å²) in [6.45, 7) is 3.43. The first-order valence-electron chi connectivity index (χ1n) is 6.93. The summed E-state index contributed by atoms with van der Waals surface area (Å²) in [4.78, 5) is 51.7. The molecule has 0 spiro atoms. The number of nitrogens with two attached hydrogens (primary N) is 1. The number of likely N-dealkylation sites (tertiary alicyclic amines) is 1. The van der Waals surface area contributed by atoms with Gasteiger partial charge in [-0.1, -0.05) is 0 Å². The predicted molar refractivity (Wildman–Crippen MR) is 79.3 cm³/mol. The second-order valence-corrected chi connectivity index (χ2v) is 6.46. The van der Waals surface area contributed by atoms with Gasteiger partial charge in [0.1, 0.15) is 5.54 Å². The van der Waals surface area contributed by atoms with Gasteiger partial charge in [0.2, 0.25) is 5.91 Å². The lowest BCUT2D eigenvalue weighted by atomic mass is 9.87. The lowest BCUT2D eigenvalue weighted by Gasteiger charge is -2.42. The second-order valence-electron chi connectivity index (χ2n) is 5.55. The van der Waals surface area contributed by atoms with Crippen LogP contribution >= 0.6 is 11.3 Å². The molecule has 2 aliphatic rings. The van der Waals surface area contributed by atoms with Crippen LogP contribution in [0.5, 0.6) is 0 Å². The van der Waals surface area contributed by atoms with E-state index < -0.39 is 23.3 Å². The van der Waals surface area contributed by atoms with Gasteiger partial charge in [-0.2, -0.15) is 0 Å². The Labute approximate surface area is 130 Å². The summed E-state index contributed by atoms with van der Waals surface area (Å²) in [5.41, 5.74) is 4.82. The van der Waals surface area contributed by atoms with Crippen molar-refractivity contribution in [3.8, 4) is 0 Å². The third-order valence-electron chi connectivity index (χ3n) is 4.31. The summed E-state index contributed by atoms with van der Waals surface area (Å²) in [6, 6.07) is 0. The molecule has 1 saturated heterocycles. The molecule has 2 aliphatic heterocycles.